The number of carbonyl (C=O) groups excluding carboxylic acids is 5. The number of ether oxygens (including phenoxy) is 2. The number of hydrogen-bond donors (Lipinski definition) is 3. The number of rotatable bonds is 7. The van der Waals surface area contributed by atoms with Crippen LogP contribution in [0.4, 0.5) is 0 Å². The highest BCUT2D eigenvalue weighted by molar-refractivity contribution is 5.93. The molecule has 2 aliphatic heterocycles. The second-order valence-electron chi connectivity index (χ2n) is 12.3. The Bertz CT molecular complexity index is 1380. The van der Waals surface area contributed by atoms with Crippen LogP contribution in [0.15, 0.2) is 54.6 Å². The van der Waals surface area contributed by atoms with Gasteiger partial charge in [0.1, 0.15) is 17.8 Å². The minimum Gasteiger partial charge on any atom is -0.484 e. The van der Waals surface area contributed by atoms with Gasteiger partial charge in [-0.05, 0) is 35.6 Å². The number of amides is 5. The van der Waals surface area contributed by atoms with E-state index in [4.69, 9.17) is 9.47 Å². The summed E-state index contributed by atoms with van der Waals surface area (Å²) < 4.78 is 11.0. The highest BCUT2D eigenvalue weighted by Gasteiger charge is 2.38. The van der Waals surface area contributed by atoms with Crippen LogP contribution in [0.25, 0.3) is 0 Å². The molecule has 2 aliphatic rings. The highest BCUT2D eigenvalue weighted by Crippen LogP contribution is 2.30. The predicted molar refractivity (Wildman–Crippen MR) is 171 cm³/mol. The average molecular weight is 636 g/mol. The first-order valence-electron chi connectivity index (χ1n) is 15.7. The molecule has 2 aromatic carbocycles. The van der Waals surface area contributed by atoms with Gasteiger partial charge in [-0.2, -0.15) is 0 Å². The van der Waals surface area contributed by atoms with Crippen molar-refractivity contribution in [3.05, 3.63) is 65.7 Å². The van der Waals surface area contributed by atoms with Crippen LogP contribution in [-0.2, 0) is 35.1 Å². The Hall–Kier alpha value is -4.45. The maximum atomic E-state index is 13.9. The normalized spacial score (nSPS) is 23.1. The van der Waals surface area contributed by atoms with Gasteiger partial charge in [0.2, 0.25) is 23.6 Å². The molecule has 0 unspecified atom stereocenters. The Morgan fingerprint density at radius 3 is 2.39 bits per heavy atom. The zero-order valence-corrected chi connectivity index (χ0v) is 27.0. The molecule has 0 aliphatic carbocycles. The summed E-state index contributed by atoms with van der Waals surface area (Å²) in [6.07, 6.45) is 0.563. The van der Waals surface area contributed by atoms with Gasteiger partial charge in [-0.25, -0.2) is 0 Å². The van der Waals surface area contributed by atoms with Crippen molar-refractivity contribution in [1.82, 2.24) is 25.8 Å². The molecule has 12 nitrogen and oxygen atoms in total. The summed E-state index contributed by atoms with van der Waals surface area (Å²) in [5, 5.41) is 8.76. The lowest BCUT2D eigenvalue weighted by molar-refractivity contribution is -0.141. The van der Waals surface area contributed by atoms with Crippen molar-refractivity contribution >= 4 is 29.5 Å². The van der Waals surface area contributed by atoms with E-state index in [1.165, 1.54) is 18.9 Å². The predicted octanol–water partition coefficient (Wildman–Crippen LogP) is 1.24. The molecule has 5 amide bonds. The molecule has 248 valence electrons. The first-order valence-corrected chi connectivity index (χ1v) is 15.7. The van der Waals surface area contributed by atoms with Crippen LogP contribution in [0.1, 0.15) is 44.2 Å². The molecule has 0 spiro atoms. The van der Waals surface area contributed by atoms with E-state index in [1.807, 2.05) is 50.2 Å². The molecule has 0 radical (unpaired) electrons. The third kappa shape index (κ3) is 9.53. The summed E-state index contributed by atoms with van der Waals surface area (Å²) >= 11 is 0. The fourth-order valence-electron chi connectivity index (χ4n) is 5.90. The van der Waals surface area contributed by atoms with Crippen molar-refractivity contribution in [2.75, 3.05) is 46.5 Å². The van der Waals surface area contributed by atoms with Crippen LogP contribution >= 0.6 is 0 Å². The summed E-state index contributed by atoms with van der Waals surface area (Å²) in [5.74, 6) is -1.69. The molecule has 0 saturated carbocycles. The van der Waals surface area contributed by atoms with E-state index in [9.17, 15) is 24.0 Å². The molecule has 1 fully saturated rings. The molecule has 46 heavy (non-hydrogen) atoms. The van der Waals surface area contributed by atoms with Gasteiger partial charge in [0.05, 0.1) is 19.2 Å². The first-order chi connectivity index (χ1) is 22.0. The zero-order valence-electron chi connectivity index (χ0n) is 27.0. The van der Waals surface area contributed by atoms with Crippen molar-refractivity contribution in [2.45, 2.75) is 57.7 Å². The van der Waals surface area contributed by atoms with Gasteiger partial charge in [0.15, 0.2) is 6.61 Å². The smallest absolute Gasteiger partial charge is 0.258 e. The Morgan fingerprint density at radius 2 is 1.70 bits per heavy atom. The van der Waals surface area contributed by atoms with Gasteiger partial charge >= 0.3 is 0 Å². The van der Waals surface area contributed by atoms with E-state index in [0.29, 0.717) is 25.3 Å². The summed E-state index contributed by atoms with van der Waals surface area (Å²) in [6.45, 7) is 5.66. The topological polar surface area (TPSA) is 146 Å². The van der Waals surface area contributed by atoms with Crippen LogP contribution in [-0.4, -0.2) is 104 Å². The number of nitrogens with zero attached hydrogens (tertiary/aromatic N) is 2. The average Bonchev–Trinajstić information content (AvgIpc) is 3.45. The number of fused-ring (bicyclic) bond motifs is 4. The lowest BCUT2D eigenvalue weighted by Gasteiger charge is -2.29. The van der Waals surface area contributed by atoms with Crippen LogP contribution in [0, 0.1) is 5.92 Å². The summed E-state index contributed by atoms with van der Waals surface area (Å²) in [6, 6.07) is 14.3. The SMILES string of the molecule is COCCN1CC(=O)N[C@@H](Cc2ccccc2)C(=O)N[C@H]2CN(C(C)=O)C[C@@H]2c2cccc(c2)OCC(=O)N[C@H](CC(C)C)C1=O. The van der Waals surface area contributed by atoms with Crippen LogP contribution in [0.2, 0.25) is 0 Å². The maximum Gasteiger partial charge on any atom is 0.258 e. The highest BCUT2D eigenvalue weighted by atomic mass is 16.5. The lowest BCUT2D eigenvalue weighted by atomic mass is 9.93. The van der Waals surface area contributed by atoms with Crippen molar-refractivity contribution in [3.63, 3.8) is 0 Å². The molecular weight excluding hydrogens is 590 g/mol. The van der Waals surface area contributed by atoms with Crippen LogP contribution in [0.3, 0.4) is 0 Å². The summed E-state index contributed by atoms with van der Waals surface area (Å²) in [5.41, 5.74) is 1.67. The maximum absolute atomic E-state index is 13.9. The molecule has 2 aromatic rings. The van der Waals surface area contributed by atoms with E-state index in [0.717, 1.165) is 11.1 Å². The van der Waals surface area contributed by atoms with Crippen molar-refractivity contribution in [1.29, 1.82) is 0 Å². The molecule has 0 aromatic heterocycles. The Balaban J connectivity index is 1.71. The summed E-state index contributed by atoms with van der Waals surface area (Å²) in [7, 11) is 1.50. The third-order valence-corrected chi connectivity index (χ3v) is 8.24. The van der Waals surface area contributed by atoms with Gasteiger partial charge in [0.25, 0.3) is 5.91 Å². The minimum atomic E-state index is -0.957. The first kappa shape index (κ1) is 34.4. The van der Waals surface area contributed by atoms with E-state index in [-0.39, 0.29) is 50.5 Å². The Kier molecular flexibility index (Phi) is 12.1. The third-order valence-electron chi connectivity index (χ3n) is 8.24. The quantitative estimate of drug-likeness (QED) is 0.415. The molecule has 1 saturated heterocycles. The largest absolute Gasteiger partial charge is 0.484 e. The summed E-state index contributed by atoms with van der Waals surface area (Å²) in [4.78, 5) is 69.7. The molecule has 2 heterocycles. The van der Waals surface area contributed by atoms with Crippen molar-refractivity contribution < 1.29 is 33.4 Å². The molecule has 4 atom stereocenters. The number of nitrogens with one attached hydrogen (secondary N) is 3. The number of hydrogen-bond acceptors (Lipinski definition) is 7. The van der Waals surface area contributed by atoms with E-state index in [2.05, 4.69) is 16.0 Å². The van der Waals surface area contributed by atoms with Gasteiger partial charge in [-0.1, -0.05) is 56.3 Å². The molecule has 2 bridgehead atoms. The molecule has 3 N–H and O–H groups in total. The second-order valence-corrected chi connectivity index (χ2v) is 12.3. The second kappa shape index (κ2) is 16.2. The number of carbonyl (C=O) groups is 5. The van der Waals surface area contributed by atoms with Gasteiger partial charge in [-0.15, -0.1) is 0 Å². The van der Waals surface area contributed by atoms with Gasteiger partial charge < -0.3 is 35.2 Å². The number of benzene rings is 2. The fraction of sp³-hybridized carbons (Fsp3) is 0.500. The van der Waals surface area contributed by atoms with Gasteiger partial charge in [-0.3, -0.25) is 24.0 Å². The zero-order chi connectivity index (χ0) is 33.2. The van der Waals surface area contributed by atoms with Crippen molar-refractivity contribution in [2.24, 2.45) is 5.92 Å². The van der Waals surface area contributed by atoms with Gasteiger partial charge in [0, 0.05) is 46.0 Å². The van der Waals surface area contributed by atoms with E-state index in [1.54, 1.807) is 23.1 Å². The molecule has 12 heteroatoms. The Morgan fingerprint density at radius 1 is 0.957 bits per heavy atom. The van der Waals surface area contributed by atoms with Crippen LogP contribution < -0.4 is 20.7 Å². The minimum absolute atomic E-state index is 0.0654. The molecule has 4 rings (SSSR count). The van der Waals surface area contributed by atoms with Crippen molar-refractivity contribution in [3.8, 4) is 5.75 Å². The number of likely N-dealkylation sites (tertiary alicyclic amines) is 1. The lowest BCUT2D eigenvalue weighted by Crippen LogP contribution is -2.56. The standard InChI is InChI=1S/C34H45N5O7/c1-22(2)15-29-34(44)38(13-14-45-4)20-31(41)35-28(16-24-9-6-5-7-10-24)33(43)37-30-19-39(23(3)40)18-27(30)25-11-8-12-26(17-25)46-21-32(42)36-29/h5-12,17,22,27-30H,13-16,18-21H2,1-4H3,(H,35,41)(H,36,42)(H,37,43)/t27-,28+,29-,30+/m1/s1. The molecular formula is C34H45N5O7. The van der Waals surface area contributed by atoms with Crippen LogP contribution in [0.5, 0.6) is 5.75 Å². The fourth-order valence-corrected chi connectivity index (χ4v) is 5.90. The Labute approximate surface area is 270 Å². The monoisotopic (exact) mass is 635 g/mol. The number of methoxy groups -OCH3 is 1. The van der Waals surface area contributed by atoms with E-state index < -0.39 is 41.8 Å². The van der Waals surface area contributed by atoms with E-state index >= 15 is 0 Å².